The molecule has 0 unspecified atom stereocenters. The van der Waals surface area contributed by atoms with E-state index in [1.807, 2.05) is 18.2 Å². The quantitative estimate of drug-likeness (QED) is 0.674. The molecule has 14 heavy (non-hydrogen) atoms. The molecule has 0 aromatic heterocycles. The van der Waals surface area contributed by atoms with Crippen LogP contribution in [0.5, 0.6) is 0 Å². The van der Waals surface area contributed by atoms with E-state index in [1.165, 1.54) is 5.56 Å². The zero-order valence-electron chi connectivity index (χ0n) is 7.72. The summed E-state index contributed by atoms with van der Waals surface area (Å²) < 4.78 is 5.70. The van der Waals surface area contributed by atoms with Crippen molar-refractivity contribution in [3.8, 4) is 0 Å². The summed E-state index contributed by atoms with van der Waals surface area (Å²) in [6, 6.07) is 10.2. The van der Waals surface area contributed by atoms with Gasteiger partial charge in [0.2, 0.25) is 0 Å². The molecule has 2 heterocycles. The summed E-state index contributed by atoms with van der Waals surface area (Å²) in [6.45, 7) is 1.41. The molecular formula is C11H11NO2. The Morgan fingerprint density at radius 2 is 2.00 bits per heavy atom. The van der Waals surface area contributed by atoms with E-state index < -0.39 is 0 Å². The Hall–Kier alpha value is -1.35. The molecule has 1 aromatic rings. The number of nitrogens with zero attached hydrogens (tertiary/aromatic N) is 1. The molecule has 2 aliphatic heterocycles. The molecule has 0 N–H and O–H groups in total. The summed E-state index contributed by atoms with van der Waals surface area (Å²) in [6.07, 6.45) is 0.0173. The van der Waals surface area contributed by atoms with Gasteiger partial charge in [-0.15, -0.1) is 0 Å². The average Bonchev–Trinajstić information content (AvgIpc) is 2.79. The predicted octanol–water partition coefficient (Wildman–Crippen LogP) is 1.76. The Bertz CT molecular complexity index is 361. The van der Waals surface area contributed by atoms with Crippen molar-refractivity contribution in [3.63, 3.8) is 0 Å². The number of ether oxygens (including phenoxy) is 1. The summed E-state index contributed by atoms with van der Waals surface area (Å²) >= 11 is 0. The van der Waals surface area contributed by atoms with Gasteiger partial charge in [0, 0.05) is 0 Å². The first-order valence-electron chi connectivity index (χ1n) is 4.81. The molecule has 2 atom stereocenters. The van der Waals surface area contributed by atoms with Crippen LogP contribution in [0.15, 0.2) is 35.5 Å². The third-order valence-electron chi connectivity index (χ3n) is 2.70. The summed E-state index contributed by atoms with van der Waals surface area (Å²) in [7, 11) is 0. The normalized spacial score (nSPS) is 29.6. The van der Waals surface area contributed by atoms with Gasteiger partial charge in [-0.25, -0.2) is 0 Å². The lowest BCUT2D eigenvalue weighted by molar-refractivity contribution is 0.0792. The van der Waals surface area contributed by atoms with Crippen molar-refractivity contribution < 1.29 is 9.57 Å². The van der Waals surface area contributed by atoms with Crippen molar-refractivity contribution in [1.29, 1.82) is 0 Å². The fourth-order valence-corrected chi connectivity index (χ4v) is 1.95. The smallest absolute Gasteiger partial charge is 0.127 e. The van der Waals surface area contributed by atoms with Gasteiger partial charge in [-0.2, -0.15) is 0 Å². The predicted molar refractivity (Wildman–Crippen MR) is 52.0 cm³/mol. The lowest BCUT2D eigenvalue weighted by Crippen LogP contribution is -2.11. The minimum Gasteiger partial charge on any atom is -0.395 e. The van der Waals surface area contributed by atoms with E-state index in [9.17, 15) is 0 Å². The van der Waals surface area contributed by atoms with Crippen LogP contribution >= 0.6 is 0 Å². The van der Waals surface area contributed by atoms with Crippen LogP contribution in [-0.4, -0.2) is 18.9 Å². The molecule has 1 fully saturated rings. The molecule has 1 aromatic carbocycles. The van der Waals surface area contributed by atoms with Gasteiger partial charge in [-0.05, 0) is 5.56 Å². The van der Waals surface area contributed by atoms with Gasteiger partial charge in [0.1, 0.15) is 12.7 Å². The maximum absolute atomic E-state index is 5.70. The fraction of sp³-hybridized carbons (Fsp3) is 0.364. The molecule has 72 valence electrons. The van der Waals surface area contributed by atoms with E-state index >= 15 is 0 Å². The van der Waals surface area contributed by atoms with Gasteiger partial charge in [0.25, 0.3) is 0 Å². The molecule has 0 bridgehead atoms. The maximum Gasteiger partial charge on any atom is 0.127 e. The maximum atomic E-state index is 5.70. The minimum atomic E-state index is 0.0173. The summed E-state index contributed by atoms with van der Waals surface area (Å²) in [5.41, 5.74) is 2.22. The van der Waals surface area contributed by atoms with E-state index in [2.05, 4.69) is 17.3 Å². The van der Waals surface area contributed by atoms with Gasteiger partial charge in [-0.1, -0.05) is 35.5 Å². The number of hydrogen-bond donors (Lipinski definition) is 0. The second-order valence-corrected chi connectivity index (χ2v) is 3.63. The number of benzene rings is 1. The van der Waals surface area contributed by atoms with E-state index in [0.717, 1.165) is 12.3 Å². The number of fused-ring (bicyclic) bond motifs is 1. The number of hydrogen-bond acceptors (Lipinski definition) is 3. The van der Waals surface area contributed by atoms with Gasteiger partial charge < -0.3 is 9.57 Å². The molecule has 3 heteroatoms. The van der Waals surface area contributed by atoms with E-state index in [0.29, 0.717) is 12.5 Å². The molecule has 0 saturated carbocycles. The van der Waals surface area contributed by atoms with Crippen LogP contribution in [0.3, 0.4) is 0 Å². The third-order valence-corrected chi connectivity index (χ3v) is 2.70. The van der Waals surface area contributed by atoms with Gasteiger partial charge in [0.15, 0.2) is 0 Å². The largest absolute Gasteiger partial charge is 0.395 e. The monoisotopic (exact) mass is 189 g/mol. The molecule has 3 rings (SSSR count). The minimum absolute atomic E-state index is 0.0173. The first-order chi connectivity index (χ1) is 6.95. The highest BCUT2D eigenvalue weighted by molar-refractivity contribution is 5.93. The number of oxime groups is 1. The Morgan fingerprint density at radius 1 is 1.14 bits per heavy atom. The van der Waals surface area contributed by atoms with E-state index in [1.54, 1.807) is 0 Å². The van der Waals surface area contributed by atoms with Crippen molar-refractivity contribution in [3.05, 3.63) is 35.9 Å². The van der Waals surface area contributed by atoms with E-state index in [4.69, 9.17) is 9.57 Å². The van der Waals surface area contributed by atoms with Crippen LogP contribution in [0.2, 0.25) is 0 Å². The molecule has 0 aliphatic carbocycles. The highest BCUT2D eigenvalue weighted by Gasteiger charge is 2.38. The topological polar surface area (TPSA) is 30.8 Å². The zero-order valence-corrected chi connectivity index (χ0v) is 7.72. The first kappa shape index (κ1) is 8.00. The zero-order chi connectivity index (χ0) is 9.38. The molecule has 1 saturated heterocycles. The van der Waals surface area contributed by atoms with Crippen LogP contribution in [0.1, 0.15) is 11.7 Å². The van der Waals surface area contributed by atoms with Crippen LogP contribution in [0.25, 0.3) is 0 Å². The lowest BCUT2D eigenvalue weighted by atomic mass is 9.99. The fourth-order valence-electron chi connectivity index (χ4n) is 1.95. The van der Waals surface area contributed by atoms with Gasteiger partial charge >= 0.3 is 0 Å². The molecule has 2 aliphatic rings. The Balaban J connectivity index is 1.93. The highest BCUT2D eigenvalue weighted by atomic mass is 16.6. The van der Waals surface area contributed by atoms with E-state index in [-0.39, 0.29) is 6.10 Å². The SMILES string of the molecule is c1ccc([C@@H]2OC[C@H]3CON=C32)cc1. The second-order valence-electron chi connectivity index (χ2n) is 3.63. The Kier molecular flexibility index (Phi) is 1.77. The van der Waals surface area contributed by atoms with Crippen molar-refractivity contribution in [2.45, 2.75) is 6.10 Å². The first-order valence-corrected chi connectivity index (χ1v) is 4.81. The van der Waals surface area contributed by atoms with Crippen LogP contribution in [-0.2, 0) is 9.57 Å². The van der Waals surface area contributed by atoms with Gasteiger partial charge in [0.05, 0.1) is 18.2 Å². The molecule has 3 nitrogen and oxygen atoms in total. The summed E-state index contributed by atoms with van der Waals surface area (Å²) in [4.78, 5) is 5.07. The van der Waals surface area contributed by atoms with Crippen molar-refractivity contribution in [1.82, 2.24) is 0 Å². The molecular weight excluding hydrogens is 178 g/mol. The standard InChI is InChI=1S/C11H11NO2/c1-2-4-8(5-3-1)11-10-9(6-13-11)7-14-12-10/h1-5,9,11H,6-7H2/t9-,11-/m0/s1. The second kappa shape index (κ2) is 3.10. The highest BCUT2D eigenvalue weighted by Crippen LogP contribution is 2.33. The number of rotatable bonds is 1. The van der Waals surface area contributed by atoms with Crippen LogP contribution in [0.4, 0.5) is 0 Å². The molecule has 0 radical (unpaired) electrons. The molecule has 0 spiro atoms. The summed E-state index contributed by atoms with van der Waals surface area (Å²) in [5, 5.41) is 4.05. The van der Waals surface area contributed by atoms with Crippen LogP contribution in [0, 0.1) is 5.92 Å². The lowest BCUT2D eigenvalue weighted by Gasteiger charge is -2.08. The van der Waals surface area contributed by atoms with Crippen LogP contribution < -0.4 is 0 Å². The van der Waals surface area contributed by atoms with Crippen molar-refractivity contribution >= 4 is 5.71 Å². The molecule has 0 amide bonds. The summed E-state index contributed by atoms with van der Waals surface area (Å²) in [5.74, 6) is 0.375. The Morgan fingerprint density at radius 3 is 2.86 bits per heavy atom. The Labute approximate surface area is 82.3 Å². The van der Waals surface area contributed by atoms with Crippen molar-refractivity contribution in [2.24, 2.45) is 11.1 Å². The van der Waals surface area contributed by atoms with Crippen molar-refractivity contribution in [2.75, 3.05) is 13.2 Å². The van der Waals surface area contributed by atoms with Gasteiger partial charge in [-0.3, -0.25) is 0 Å². The average molecular weight is 189 g/mol. The third kappa shape index (κ3) is 1.13.